The number of pyridine rings is 1. The molecule has 0 aliphatic rings. The highest BCUT2D eigenvalue weighted by atomic mass is 127. The molecule has 0 radical (unpaired) electrons. The van der Waals surface area contributed by atoms with Gasteiger partial charge in [0, 0.05) is 6.20 Å². The smallest absolute Gasteiger partial charge is 0.339 e. The number of aromatic nitrogens is 1. The number of esters is 1. The molecule has 1 unspecified atom stereocenters. The number of carbonyl (C=O) groups excluding carboxylic acids is 1. The zero-order valence-electron chi connectivity index (χ0n) is 8.57. The molecule has 15 heavy (non-hydrogen) atoms. The molecule has 0 N–H and O–H groups in total. The van der Waals surface area contributed by atoms with Crippen molar-refractivity contribution < 1.29 is 12.6 Å². The molecule has 0 aromatic carbocycles. The van der Waals surface area contributed by atoms with Gasteiger partial charge in [-0.2, -0.15) is 0 Å². The van der Waals surface area contributed by atoms with Crippen LogP contribution in [0.2, 0.25) is 0 Å². The molecule has 0 saturated heterocycles. The summed E-state index contributed by atoms with van der Waals surface area (Å²) in [6.07, 6.45) is 1.42. The van der Waals surface area contributed by atoms with Gasteiger partial charge in [-0.05, 0) is 26.0 Å². The van der Waals surface area contributed by atoms with E-state index in [9.17, 15) is 4.79 Å². The summed E-state index contributed by atoms with van der Waals surface area (Å²) >= 11 is 1.82. The molecular formula is C10H12INO3. The normalized spacial score (nSPS) is 12.2. The average molecular weight is 321 g/mol. The highest BCUT2D eigenvalue weighted by Gasteiger charge is 2.09. The van der Waals surface area contributed by atoms with Gasteiger partial charge in [0.25, 0.3) is 0 Å². The molecule has 0 aliphatic carbocycles. The lowest BCUT2D eigenvalue weighted by atomic mass is 10.2. The predicted octanol–water partition coefficient (Wildman–Crippen LogP) is 2.69. The van der Waals surface area contributed by atoms with Gasteiger partial charge in [0.05, 0.1) is 17.9 Å². The fourth-order valence-corrected chi connectivity index (χ4v) is 1.29. The number of rotatable bonds is 4. The van der Waals surface area contributed by atoms with Crippen LogP contribution in [0.1, 0.15) is 36.0 Å². The Labute approximate surface area is 103 Å². The van der Waals surface area contributed by atoms with Gasteiger partial charge in [0.2, 0.25) is 0 Å². The van der Waals surface area contributed by atoms with Crippen LogP contribution < -0.4 is 0 Å². The molecule has 0 saturated carbocycles. The van der Waals surface area contributed by atoms with Crippen molar-refractivity contribution in [1.82, 2.24) is 4.98 Å². The molecule has 0 spiro atoms. The minimum atomic E-state index is -0.348. The van der Waals surface area contributed by atoms with Crippen LogP contribution in [0.5, 0.6) is 0 Å². The first kappa shape index (κ1) is 12.4. The minimum Gasteiger partial charge on any atom is -0.462 e. The number of carbonyl (C=O) groups is 1. The van der Waals surface area contributed by atoms with E-state index >= 15 is 0 Å². The molecule has 4 nitrogen and oxygen atoms in total. The topological polar surface area (TPSA) is 48.4 Å². The standard InChI is InChI=1S/C10H12INO3/c1-3-14-10(13)8-4-5-9(12-6-8)7(2)15-11/h4-7H,3H2,1-2H3. The summed E-state index contributed by atoms with van der Waals surface area (Å²) in [5, 5.41) is 0. The summed E-state index contributed by atoms with van der Waals surface area (Å²) in [6, 6.07) is 3.45. The molecule has 1 heterocycles. The van der Waals surface area contributed by atoms with Crippen LogP contribution in [0.25, 0.3) is 0 Å². The SMILES string of the molecule is CCOC(=O)c1ccc(C(C)OI)nc1. The Bertz CT molecular complexity index is 326. The van der Waals surface area contributed by atoms with E-state index in [1.165, 1.54) is 6.20 Å². The number of hydrogen-bond acceptors (Lipinski definition) is 4. The number of ether oxygens (including phenoxy) is 1. The lowest BCUT2D eigenvalue weighted by Crippen LogP contribution is -2.06. The first-order valence-corrected chi connectivity index (χ1v) is 5.47. The predicted molar refractivity (Wildman–Crippen MR) is 63.7 cm³/mol. The van der Waals surface area contributed by atoms with Gasteiger partial charge in [-0.15, -0.1) is 0 Å². The Morgan fingerprint density at radius 1 is 1.60 bits per heavy atom. The van der Waals surface area contributed by atoms with Gasteiger partial charge < -0.3 is 7.80 Å². The molecule has 1 rings (SSSR count). The van der Waals surface area contributed by atoms with Gasteiger partial charge in [-0.3, -0.25) is 4.98 Å². The fraction of sp³-hybridized carbons (Fsp3) is 0.400. The zero-order chi connectivity index (χ0) is 11.3. The third kappa shape index (κ3) is 3.42. The van der Waals surface area contributed by atoms with Gasteiger partial charge in [-0.1, -0.05) is 0 Å². The Balaban J connectivity index is 2.76. The van der Waals surface area contributed by atoms with Gasteiger partial charge in [0.1, 0.15) is 29.1 Å². The van der Waals surface area contributed by atoms with Crippen LogP contribution >= 0.6 is 23.0 Å². The van der Waals surface area contributed by atoms with Crippen LogP contribution in [0.4, 0.5) is 0 Å². The molecule has 1 aromatic rings. The van der Waals surface area contributed by atoms with E-state index in [4.69, 9.17) is 7.80 Å². The Hall–Kier alpha value is -0.690. The maximum atomic E-state index is 11.3. The number of nitrogens with zero attached hydrogens (tertiary/aromatic N) is 1. The van der Waals surface area contributed by atoms with Crippen molar-refractivity contribution in [3.63, 3.8) is 0 Å². The highest BCUT2D eigenvalue weighted by molar-refractivity contribution is 14.1. The molecule has 0 bridgehead atoms. The van der Waals surface area contributed by atoms with E-state index in [2.05, 4.69) is 4.98 Å². The molecule has 82 valence electrons. The largest absolute Gasteiger partial charge is 0.462 e. The van der Waals surface area contributed by atoms with Crippen molar-refractivity contribution in [2.45, 2.75) is 20.0 Å². The van der Waals surface area contributed by atoms with E-state index in [1.807, 2.05) is 29.9 Å². The van der Waals surface area contributed by atoms with Crippen molar-refractivity contribution in [2.75, 3.05) is 6.61 Å². The lowest BCUT2D eigenvalue weighted by molar-refractivity contribution is 0.0525. The quantitative estimate of drug-likeness (QED) is 0.632. The summed E-state index contributed by atoms with van der Waals surface area (Å²) in [6.45, 7) is 4.03. The summed E-state index contributed by atoms with van der Waals surface area (Å²) < 4.78 is 9.92. The van der Waals surface area contributed by atoms with Crippen molar-refractivity contribution in [3.8, 4) is 0 Å². The third-order valence-electron chi connectivity index (χ3n) is 1.85. The molecule has 1 atom stereocenters. The van der Waals surface area contributed by atoms with Crippen molar-refractivity contribution in [1.29, 1.82) is 0 Å². The monoisotopic (exact) mass is 321 g/mol. The van der Waals surface area contributed by atoms with E-state index in [0.29, 0.717) is 12.2 Å². The summed E-state index contributed by atoms with van der Waals surface area (Å²) in [5.41, 5.74) is 1.25. The molecule has 0 aliphatic heterocycles. The Morgan fingerprint density at radius 3 is 2.80 bits per heavy atom. The average Bonchev–Trinajstić information content (AvgIpc) is 2.28. The van der Waals surface area contributed by atoms with Crippen LogP contribution in [0, 0.1) is 0 Å². The van der Waals surface area contributed by atoms with Crippen LogP contribution in [-0.2, 0) is 7.80 Å². The molecule has 0 amide bonds. The minimum absolute atomic E-state index is 0.0816. The van der Waals surface area contributed by atoms with E-state index in [1.54, 1.807) is 19.1 Å². The van der Waals surface area contributed by atoms with Crippen molar-refractivity contribution in [3.05, 3.63) is 29.6 Å². The van der Waals surface area contributed by atoms with E-state index < -0.39 is 0 Å². The van der Waals surface area contributed by atoms with Crippen molar-refractivity contribution in [2.24, 2.45) is 0 Å². The maximum absolute atomic E-state index is 11.3. The Kier molecular flexibility index (Phi) is 4.97. The fourth-order valence-electron chi connectivity index (χ4n) is 1.03. The summed E-state index contributed by atoms with van der Waals surface area (Å²) in [5.74, 6) is -0.348. The van der Waals surface area contributed by atoms with Crippen LogP contribution in [-0.4, -0.2) is 17.6 Å². The van der Waals surface area contributed by atoms with Crippen LogP contribution in [0.15, 0.2) is 18.3 Å². The Morgan fingerprint density at radius 2 is 2.33 bits per heavy atom. The van der Waals surface area contributed by atoms with Crippen LogP contribution in [0.3, 0.4) is 0 Å². The van der Waals surface area contributed by atoms with Gasteiger partial charge in [-0.25, -0.2) is 4.79 Å². The third-order valence-corrected chi connectivity index (χ3v) is 2.61. The first-order valence-electron chi connectivity index (χ1n) is 4.59. The maximum Gasteiger partial charge on any atom is 0.339 e. The second kappa shape index (κ2) is 6.02. The highest BCUT2D eigenvalue weighted by Crippen LogP contribution is 2.17. The molecule has 1 aromatic heterocycles. The first-order chi connectivity index (χ1) is 7.19. The van der Waals surface area contributed by atoms with E-state index in [-0.39, 0.29) is 12.1 Å². The zero-order valence-corrected chi connectivity index (χ0v) is 10.7. The number of halogens is 1. The molecular weight excluding hydrogens is 309 g/mol. The summed E-state index contributed by atoms with van der Waals surface area (Å²) in [7, 11) is 0. The second-order valence-corrected chi connectivity index (χ2v) is 3.43. The lowest BCUT2D eigenvalue weighted by Gasteiger charge is -2.07. The van der Waals surface area contributed by atoms with Gasteiger partial charge in [0.15, 0.2) is 0 Å². The van der Waals surface area contributed by atoms with Crippen molar-refractivity contribution >= 4 is 29.0 Å². The molecule has 5 heteroatoms. The summed E-state index contributed by atoms with van der Waals surface area (Å²) in [4.78, 5) is 15.4. The van der Waals surface area contributed by atoms with Gasteiger partial charge >= 0.3 is 5.97 Å². The number of hydrogen-bond donors (Lipinski definition) is 0. The second-order valence-electron chi connectivity index (χ2n) is 2.92. The van der Waals surface area contributed by atoms with E-state index in [0.717, 1.165) is 5.69 Å². The molecule has 0 fully saturated rings.